The largest absolute Gasteiger partial charge is 0.479 e. The molecule has 66 valence electrons. The zero-order valence-electron chi connectivity index (χ0n) is 6.84. The third-order valence-corrected chi connectivity index (χ3v) is 1.84. The molecular formula is C7H10N2O2S. The molecule has 0 aromatic heterocycles. The Kier molecular flexibility index (Phi) is 2.06. The summed E-state index contributed by atoms with van der Waals surface area (Å²) >= 11 is 4.82. The molecular weight excluding hydrogens is 176 g/mol. The van der Waals surface area contributed by atoms with Gasteiger partial charge in [0.1, 0.15) is 0 Å². The number of hydrogen-bond donors (Lipinski definition) is 3. The SMILES string of the molecule is CC1=CC(C)(C(=O)O)NC(=S)N1. The molecule has 1 rings (SSSR count). The van der Waals surface area contributed by atoms with Gasteiger partial charge in [-0.1, -0.05) is 0 Å². The van der Waals surface area contributed by atoms with Gasteiger partial charge in [-0.25, -0.2) is 4.79 Å². The zero-order valence-corrected chi connectivity index (χ0v) is 7.66. The zero-order chi connectivity index (χ0) is 9.35. The van der Waals surface area contributed by atoms with E-state index in [4.69, 9.17) is 17.3 Å². The van der Waals surface area contributed by atoms with Crippen molar-refractivity contribution in [3.05, 3.63) is 11.8 Å². The van der Waals surface area contributed by atoms with Crippen LogP contribution in [0.25, 0.3) is 0 Å². The van der Waals surface area contributed by atoms with Crippen LogP contribution in [0.4, 0.5) is 0 Å². The number of carbonyl (C=O) groups is 1. The van der Waals surface area contributed by atoms with E-state index in [0.29, 0.717) is 5.11 Å². The van der Waals surface area contributed by atoms with E-state index in [1.165, 1.54) is 0 Å². The molecule has 0 aromatic rings. The van der Waals surface area contributed by atoms with Crippen LogP contribution in [0.1, 0.15) is 13.8 Å². The molecule has 1 aliphatic heterocycles. The quantitative estimate of drug-likeness (QED) is 0.511. The van der Waals surface area contributed by atoms with Crippen molar-refractivity contribution in [3.63, 3.8) is 0 Å². The van der Waals surface area contributed by atoms with E-state index < -0.39 is 11.5 Å². The monoisotopic (exact) mass is 186 g/mol. The predicted molar refractivity (Wildman–Crippen MR) is 48.7 cm³/mol. The minimum absolute atomic E-state index is 0.347. The van der Waals surface area contributed by atoms with Crippen molar-refractivity contribution in [3.8, 4) is 0 Å². The maximum atomic E-state index is 10.8. The van der Waals surface area contributed by atoms with Gasteiger partial charge in [0.25, 0.3) is 0 Å². The Balaban J connectivity index is 2.99. The summed E-state index contributed by atoms with van der Waals surface area (Å²) < 4.78 is 0. The molecule has 0 spiro atoms. The highest BCUT2D eigenvalue weighted by Crippen LogP contribution is 2.12. The maximum Gasteiger partial charge on any atom is 0.333 e. The lowest BCUT2D eigenvalue weighted by atomic mass is 10.0. The van der Waals surface area contributed by atoms with Crippen LogP contribution in [0.15, 0.2) is 11.8 Å². The Morgan fingerprint density at radius 1 is 1.75 bits per heavy atom. The number of thiocarbonyl (C=S) groups is 1. The fourth-order valence-corrected chi connectivity index (χ4v) is 1.44. The number of carboxylic acids is 1. The summed E-state index contributed by atoms with van der Waals surface area (Å²) in [5, 5.41) is 14.7. The average molecular weight is 186 g/mol. The van der Waals surface area contributed by atoms with E-state index in [1.807, 2.05) is 0 Å². The van der Waals surface area contributed by atoms with Crippen molar-refractivity contribution >= 4 is 23.3 Å². The number of aliphatic carboxylic acids is 1. The number of hydrogen-bond acceptors (Lipinski definition) is 2. The molecule has 0 saturated carbocycles. The topological polar surface area (TPSA) is 61.4 Å². The Morgan fingerprint density at radius 2 is 2.33 bits per heavy atom. The number of rotatable bonds is 1. The molecule has 0 amide bonds. The molecule has 0 aliphatic carbocycles. The lowest BCUT2D eigenvalue weighted by Crippen LogP contribution is -2.57. The first kappa shape index (κ1) is 8.99. The fraction of sp³-hybridized carbons (Fsp3) is 0.429. The molecule has 0 bridgehead atoms. The van der Waals surface area contributed by atoms with Crippen LogP contribution in [0.2, 0.25) is 0 Å². The first-order chi connectivity index (χ1) is 5.44. The highest BCUT2D eigenvalue weighted by atomic mass is 32.1. The second-order valence-electron chi connectivity index (χ2n) is 2.91. The minimum atomic E-state index is -1.08. The maximum absolute atomic E-state index is 10.8. The lowest BCUT2D eigenvalue weighted by molar-refractivity contribution is -0.141. The van der Waals surface area contributed by atoms with Gasteiger partial charge in [0.2, 0.25) is 0 Å². The first-order valence-corrected chi connectivity index (χ1v) is 3.87. The highest BCUT2D eigenvalue weighted by molar-refractivity contribution is 7.80. The molecule has 12 heavy (non-hydrogen) atoms. The summed E-state index contributed by atoms with van der Waals surface area (Å²) in [6, 6.07) is 0. The van der Waals surface area contributed by atoms with Crippen LogP contribution in [0.3, 0.4) is 0 Å². The average Bonchev–Trinajstić information content (AvgIpc) is 1.82. The van der Waals surface area contributed by atoms with E-state index in [2.05, 4.69) is 10.6 Å². The van der Waals surface area contributed by atoms with E-state index in [9.17, 15) is 4.79 Å². The van der Waals surface area contributed by atoms with Gasteiger partial charge < -0.3 is 15.7 Å². The van der Waals surface area contributed by atoms with Crippen LogP contribution >= 0.6 is 12.2 Å². The molecule has 1 aliphatic rings. The smallest absolute Gasteiger partial charge is 0.333 e. The lowest BCUT2D eigenvalue weighted by Gasteiger charge is -2.29. The Labute approximate surface area is 75.6 Å². The minimum Gasteiger partial charge on any atom is -0.479 e. The molecule has 1 unspecified atom stereocenters. The van der Waals surface area contributed by atoms with Gasteiger partial charge in [0, 0.05) is 5.70 Å². The fourth-order valence-electron chi connectivity index (χ4n) is 1.07. The Morgan fingerprint density at radius 3 is 2.75 bits per heavy atom. The molecule has 0 radical (unpaired) electrons. The van der Waals surface area contributed by atoms with Gasteiger partial charge >= 0.3 is 5.97 Å². The second kappa shape index (κ2) is 2.75. The number of nitrogens with one attached hydrogen (secondary N) is 2. The predicted octanol–water partition coefficient (Wildman–Crippen LogP) is 0.211. The second-order valence-corrected chi connectivity index (χ2v) is 3.32. The van der Waals surface area contributed by atoms with Crippen molar-refractivity contribution in [2.75, 3.05) is 0 Å². The van der Waals surface area contributed by atoms with Crippen molar-refractivity contribution in [1.29, 1.82) is 0 Å². The summed E-state index contributed by atoms with van der Waals surface area (Å²) in [4.78, 5) is 10.8. The van der Waals surface area contributed by atoms with Crippen LogP contribution in [-0.2, 0) is 4.79 Å². The summed E-state index contributed by atoms with van der Waals surface area (Å²) in [5.41, 5.74) is -0.324. The van der Waals surface area contributed by atoms with E-state index in [-0.39, 0.29) is 0 Å². The number of allylic oxidation sites excluding steroid dienone is 1. The van der Waals surface area contributed by atoms with Gasteiger partial charge in [-0.05, 0) is 32.1 Å². The molecule has 0 aromatic carbocycles. The summed E-state index contributed by atoms with van der Waals surface area (Å²) in [7, 11) is 0. The molecule has 4 nitrogen and oxygen atoms in total. The molecule has 3 N–H and O–H groups in total. The summed E-state index contributed by atoms with van der Waals surface area (Å²) in [6.45, 7) is 3.33. The summed E-state index contributed by atoms with van der Waals surface area (Å²) in [6.07, 6.45) is 1.59. The van der Waals surface area contributed by atoms with Crippen LogP contribution in [-0.4, -0.2) is 21.7 Å². The van der Waals surface area contributed by atoms with E-state index >= 15 is 0 Å². The van der Waals surface area contributed by atoms with Gasteiger partial charge in [-0.2, -0.15) is 0 Å². The van der Waals surface area contributed by atoms with Crippen LogP contribution in [0.5, 0.6) is 0 Å². The third kappa shape index (κ3) is 1.55. The standard InChI is InChI=1S/C7H10N2O2S/c1-4-3-7(2,5(10)11)9-6(12)8-4/h3H,1-2H3,(H,10,11)(H2,8,9,12). The van der Waals surface area contributed by atoms with Crippen molar-refractivity contribution in [2.45, 2.75) is 19.4 Å². The summed E-state index contributed by atoms with van der Waals surface area (Å²) in [5.74, 6) is -0.939. The highest BCUT2D eigenvalue weighted by Gasteiger charge is 2.34. The third-order valence-electron chi connectivity index (χ3n) is 1.63. The first-order valence-electron chi connectivity index (χ1n) is 3.46. The Bertz CT molecular complexity index is 275. The van der Waals surface area contributed by atoms with E-state index in [1.54, 1.807) is 19.9 Å². The Hall–Kier alpha value is -1.10. The normalized spacial score (nSPS) is 28.5. The van der Waals surface area contributed by atoms with Crippen LogP contribution < -0.4 is 10.6 Å². The molecule has 5 heteroatoms. The molecule has 1 atom stereocenters. The molecule has 0 saturated heterocycles. The molecule has 1 heterocycles. The van der Waals surface area contributed by atoms with Gasteiger partial charge in [0.15, 0.2) is 10.7 Å². The van der Waals surface area contributed by atoms with Crippen molar-refractivity contribution < 1.29 is 9.90 Å². The van der Waals surface area contributed by atoms with Crippen LogP contribution in [0, 0.1) is 0 Å². The van der Waals surface area contributed by atoms with Gasteiger partial charge in [-0.15, -0.1) is 0 Å². The van der Waals surface area contributed by atoms with Gasteiger partial charge in [-0.3, -0.25) is 0 Å². The number of carboxylic acid groups (broad SMARTS) is 1. The van der Waals surface area contributed by atoms with Gasteiger partial charge in [0.05, 0.1) is 0 Å². The van der Waals surface area contributed by atoms with E-state index in [0.717, 1.165) is 5.70 Å². The van der Waals surface area contributed by atoms with Crippen molar-refractivity contribution in [2.24, 2.45) is 0 Å². The molecule has 0 fully saturated rings. The van der Waals surface area contributed by atoms with Crippen molar-refractivity contribution in [1.82, 2.24) is 10.6 Å².